The molecule has 0 saturated heterocycles. The highest BCUT2D eigenvalue weighted by atomic mass is 16.5. The second kappa shape index (κ2) is 6.68. The molecule has 0 atom stereocenters. The van der Waals surface area contributed by atoms with Crippen molar-refractivity contribution >= 4 is 11.9 Å². The topological polar surface area (TPSA) is 55.4 Å². The zero-order valence-corrected chi connectivity index (χ0v) is 14.7. The van der Waals surface area contributed by atoms with Crippen molar-refractivity contribution in [1.29, 1.82) is 0 Å². The zero-order valence-electron chi connectivity index (χ0n) is 14.7. The molecule has 0 aromatic rings. The number of rotatable bonds is 5. The molecular formula is C20H31NO3. The Morgan fingerprint density at radius 3 is 2.08 bits per heavy atom. The van der Waals surface area contributed by atoms with Gasteiger partial charge in [-0.2, -0.15) is 0 Å². The van der Waals surface area contributed by atoms with Crippen LogP contribution in [0.1, 0.15) is 70.6 Å². The van der Waals surface area contributed by atoms with Gasteiger partial charge in [-0.25, -0.2) is 0 Å². The standard InChI is InChI=1S/C20H31NO3/c22-18(21-12-14-4-2-1-3-5-14)13-24-19(23)20-9-15-6-16(10-20)8-17(7-15)11-20/h14-17H,1-13H2,(H,21,22). The molecule has 0 aromatic heterocycles. The quantitative estimate of drug-likeness (QED) is 0.784. The Labute approximate surface area is 145 Å². The molecule has 5 aliphatic carbocycles. The van der Waals surface area contributed by atoms with Crippen molar-refractivity contribution in [2.75, 3.05) is 13.2 Å². The van der Waals surface area contributed by atoms with Gasteiger partial charge in [0.15, 0.2) is 6.61 Å². The first kappa shape index (κ1) is 16.4. The average Bonchev–Trinajstić information content (AvgIpc) is 2.57. The lowest BCUT2D eigenvalue weighted by molar-refractivity contribution is -0.173. The van der Waals surface area contributed by atoms with E-state index in [0.29, 0.717) is 5.92 Å². The largest absolute Gasteiger partial charge is 0.455 e. The Balaban J connectivity index is 1.24. The summed E-state index contributed by atoms with van der Waals surface area (Å²) < 4.78 is 5.48. The molecule has 0 unspecified atom stereocenters. The monoisotopic (exact) mass is 333 g/mol. The molecule has 0 radical (unpaired) electrons. The van der Waals surface area contributed by atoms with Gasteiger partial charge in [0.05, 0.1) is 5.41 Å². The summed E-state index contributed by atoms with van der Waals surface area (Å²) in [7, 11) is 0. The summed E-state index contributed by atoms with van der Waals surface area (Å²) in [5.41, 5.74) is -0.252. The molecule has 5 rings (SSSR count). The molecule has 4 nitrogen and oxygen atoms in total. The van der Waals surface area contributed by atoms with Crippen LogP contribution in [-0.2, 0) is 14.3 Å². The van der Waals surface area contributed by atoms with Crippen molar-refractivity contribution in [3.05, 3.63) is 0 Å². The molecular weight excluding hydrogens is 302 g/mol. The molecule has 0 heterocycles. The number of carbonyl (C=O) groups is 2. The molecule has 0 aromatic carbocycles. The maximum Gasteiger partial charge on any atom is 0.312 e. The number of esters is 1. The highest BCUT2D eigenvalue weighted by Gasteiger charge is 2.55. The van der Waals surface area contributed by atoms with Crippen molar-refractivity contribution in [3.63, 3.8) is 0 Å². The molecule has 4 bridgehead atoms. The number of amides is 1. The minimum Gasteiger partial charge on any atom is -0.455 e. The van der Waals surface area contributed by atoms with Gasteiger partial charge in [0, 0.05) is 6.54 Å². The molecule has 1 N–H and O–H groups in total. The first-order valence-corrected chi connectivity index (χ1v) is 10.1. The first-order valence-electron chi connectivity index (χ1n) is 10.1. The number of hydrogen-bond acceptors (Lipinski definition) is 3. The molecule has 0 aliphatic heterocycles. The van der Waals surface area contributed by atoms with Crippen molar-refractivity contribution in [3.8, 4) is 0 Å². The second-order valence-corrected chi connectivity index (χ2v) is 9.08. The molecule has 5 aliphatic rings. The highest BCUT2D eigenvalue weighted by molar-refractivity contribution is 5.83. The van der Waals surface area contributed by atoms with E-state index in [-0.39, 0.29) is 23.9 Å². The highest BCUT2D eigenvalue weighted by Crippen LogP contribution is 2.60. The third-order valence-electron chi connectivity index (χ3n) is 7.12. The lowest BCUT2D eigenvalue weighted by Gasteiger charge is -2.55. The third kappa shape index (κ3) is 3.34. The fraction of sp³-hybridized carbons (Fsp3) is 0.900. The fourth-order valence-electron chi connectivity index (χ4n) is 6.35. The summed E-state index contributed by atoms with van der Waals surface area (Å²) in [5.74, 6) is 2.58. The Kier molecular flexibility index (Phi) is 4.57. The molecule has 5 fully saturated rings. The maximum absolute atomic E-state index is 12.7. The summed E-state index contributed by atoms with van der Waals surface area (Å²) >= 11 is 0. The molecule has 0 spiro atoms. The number of hydrogen-bond donors (Lipinski definition) is 1. The second-order valence-electron chi connectivity index (χ2n) is 9.08. The van der Waals surface area contributed by atoms with Gasteiger partial charge in [-0.1, -0.05) is 19.3 Å². The summed E-state index contributed by atoms with van der Waals surface area (Å²) in [4.78, 5) is 24.7. The zero-order chi connectivity index (χ0) is 16.6. The minimum atomic E-state index is -0.252. The van der Waals surface area contributed by atoms with E-state index in [4.69, 9.17) is 4.74 Å². The predicted octanol–water partition coefficient (Wildman–Crippen LogP) is 3.44. The fourth-order valence-corrected chi connectivity index (χ4v) is 6.35. The van der Waals surface area contributed by atoms with Gasteiger partial charge in [0.2, 0.25) is 0 Å². The van der Waals surface area contributed by atoms with E-state index >= 15 is 0 Å². The van der Waals surface area contributed by atoms with E-state index in [9.17, 15) is 9.59 Å². The van der Waals surface area contributed by atoms with Crippen LogP contribution >= 0.6 is 0 Å². The van der Waals surface area contributed by atoms with Gasteiger partial charge in [-0.05, 0) is 75.0 Å². The van der Waals surface area contributed by atoms with Gasteiger partial charge in [-0.15, -0.1) is 0 Å². The lowest BCUT2D eigenvalue weighted by Crippen LogP contribution is -2.51. The normalized spacial score (nSPS) is 38.1. The van der Waals surface area contributed by atoms with E-state index in [0.717, 1.165) is 43.6 Å². The van der Waals surface area contributed by atoms with E-state index < -0.39 is 0 Å². The third-order valence-corrected chi connectivity index (χ3v) is 7.12. The van der Waals surface area contributed by atoms with Crippen LogP contribution in [0.3, 0.4) is 0 Å². The average molecular weight is 333 g/mol. The van der Waals surface area contributed by atoms with Crippen LogP contribution in [0, 0.1) is 29.1 Å². The van der Waals surface area contributed by atoms with Crippen LogP contribution in [0.2, 0.25) is 0 Å². The van der Waals surface area contributed by atoms with E-state index in [1.165, 1.54) is 51.4 Å². The molecule has 1 amide bonds. The van der Waals surface area contributed by atoms with Crippen LogP contribution in [0.25, 0.3) is 0 Å². The van der Waals surface area contributed by atoms with Gasteiger partial charge in [0.1, 0.15) is 0 Å². The Hall–Kier alpha value is -1.06. The van der Waals surface area contributed by atoms with Crippen molar-refractivity contribution in [2.45, 2.75) is 70.6 Å². The molecule has 4 heteroatoms. The minimum absolute atomic E-state index is 0.0885. The number of carbonyl (C=O) groups excluding carboxylic acids is 2. The Bertz CT molecular complexity index is 460. The van der Waals surface area contributed by atoms with E-state index in [1.807, 2.05) is 0 Å². The summed E-state index contributed by atoms with van der Waals surface area (Å²) in [5, 5.41) is 2.97. The van der Waals surface area contributed by atoms with E-state index in [2.05, 4.69) is 5.32 Å². The van der Waals surface area contributed by atoms with E-state index in [1.54, 1.807) is 0 Å². The Morgan fingerprint density at radius 1 is 0.917 bits per heavy atom. The first-order chi connectivity index (χ1) is 11.6. The summed E-state index contributed by atoms with van der Waals surface area (Å²) in [6.45, 7) is 0.654. The van der Waals surface area contributed by atoms with Crippen LogP contribution in [0.4, 0.5) is 0 Å². The summed E-state index contributed by atoms with van der Waals surface area (Å²) in [6, 6.07) is 0. The number of nitrogens with one attached hydrogen (secondary N) is 1. The van der Waals surface area contributed by atoms with Gasteiger partial charge >= 0.3 is 5.97 Å². The van der Waals surface area contributed by atoms with Crippen molar-refractivity contribution in [1.82, 2.24) is 5.32 Å². The van der Waals surface area contributed by atoms with Crippen molar-refractivity contribution < 1.29 is 14.3 Å². The van der Waals surface area contributed by atoms with Gasteiger partial charge in [0.25, 0.3) is 5.91 Å². The van der Waals surface area contributed by atoms with Crippen LogP contribution in [-0.4, -0.2) is 25.0 Å². The SMILES string of the molecule is O=C(COC(=O)C12CC3CC(CC(C3)C1)C2)NCC1CCCCC1. The van der Waals surface area contributed by atoms with Crippen molar-refractivity contribution in [2.24, 2.45) is 29.1 Å². The molecule has 24 heavy (non-hydrogen) atoms. The Morgan fingerprint density at radius 2 is 1.50 bits per heavy atom. The smallest absolute Gasteiger partial charge is 0.312 e. The number of ether oxygens (including phenoxy) is 1. The summed E-state index contributed by atoms with van der Waals surface area (Å²) in [6.07, 6.45) is 13.3. The van der Waals surface area contributed by atoms with Crippen LogP contribution in [0.15, 0.2) is 0 Å². The predicted molar refractivity (Wildman–Crippen MR) is 91.1 cm³/mol. The van der Waals surface area contributed by atoms with Crippen LogP contribution < -0.4 is 5.32 Å². The van der Waals surface area contributed by atoms with Crippen LogP contribution in [0.5, 0.6) is 0 Å². The molecule has 134 valence electrons. The van der Waals surface area contributed by atoms with Gasteiger partial charge in [-0.3, -0.25) is 9.59 Å². The molecule has 5 saturated carbocycles. The maximum atomic E-state index is 12.7. The van der Waals surface area contributed by atoms with Gasteiger partial charge < -0.3 is 10.1 Å². The lowest BCUT2D eigenvalue weighted by atomic mass is 9.49.